The van der Waals surface area contributed by atoms with Crippen LogP contribution in [0.1, 0.15) is 47.1 Å². The quantitative estimate of drug-likeness (QED) is 0.637. The number of likely N-dealkylation sites (tertiary alicyclic amines) is 1. The van der Waals surface area contributed by atoms with Crippen LogP contribution in [0.2, 0.25) is 0 Å². The second kappa shape index (κ2) is 8.70. The third-order valence-electron chi connectivity index (χ3n) is 6.82. The number of rotatable bonds is 5. The predicted octanol–water partition coefficient (Wildman–Crippen LogP) is 1.60. The Morgan fingerprint density at radius 1 is 0.774 bits per heavy atom. The second-order valence-corrected chi connectivity index (χ2v) is 10.3. The molecular formula is C22H31N3O5S. The number of hydrogen-bond acceptors (Lipinski definition) is 5. The third-order valence-corrected chi connectivity index (χ3v) is 9.00. The fourth-order valence-corrected chi connectivity index (χ4v) is 6.38. The van der Waals surface area contributed by atoms with Gasteiger partial charge in [0, 0.05) is 52.0 Å². The van der Waals surface area contributed by atoms with Crippen molar-refractivity contribution in [2.24, 2.45) is 0 Å². The van der Waals surface area contributed by atoms with E-state index in [-0.39, 0.29) is 56.6 Å². The Balaban J connectivity index is 1.67. The Hall–Kier alpha value is -2.26. The molecule has 0 radical (unpaired) electrons. The Bertz CT molecular complexity index is 995. The average molecular weight is 450 g/mol. The highest BCUT2D eigenvalue weighted by Crippen LogP contribution is 2.32. The first kappa shape index (κ1) is 23.4. The summed E-state index contributed by atoms with van der Waals surface area (Å²) in [7, 11) is -3.68. The maximum atomic E-state index is 13.4. The van der Waals surface area contributed by atoms with Crippen LogP contribution in [-0.4, -0.2) is 73.0 Å². The number of hydrogen-bond donors (Lipinski definition) is 0. The molecule has 0 atom stereocenters. The maximum Gasteiger partial charge on any atom is 0.243 e. The van der Waals surface area contributed by atoms with E-state index in [9.17, 15) is 22.8 Å². The molecule has 0 spiro atoms. The van der Waals surface area contributed by atoms with E-state index in [2.05, 4.69) is 0 Å². The fraction of sp³-hybridized carbons (Fsp3) is 0.591. The molecule has 0 aromatic heterocycles. The molecule has 3 rings (SSSR count). The van der Waals surface area contributed by atoms with Crippen LogP contribution in [0, 0.1) is 34.6 Å². The van der Waals surface area contributed by atoms with Crippen molar-refractivity contribution >= 4 is 27.7 Å². The van der Waals surface area contributed by atoms with Crippen LogP contribution in [0.15, 0.2) is 4.90 Å². The van der Waals surface area contributed by atoms with Crippen molar-refractivity contribution in [3.63, 3.8) is 0 Å². The van der Waals surface area contributed by atoms with Crippen LogP contribution in [0.4, 0.5) is 0 Å². The first-order valence-corrected chi connectivity index (χ1v) is 12.1. The van der Waals surface area contributed by atoms with Crippen molar-refractivity contribution in [1.29, 1.82) is 0 Å². The normalized spacial score (nSPS) is 18.2. The molecule has 31 heavy (non-hydrogen) atoms. The minimum Gasteiger partial charge on any atom is -0.340 e. The molecule has 2 aliphatic heterocycles. The SMILES string of the molecule is Cc1c(C)c(C)c(S(=O)(=O)N2CCN(C(=O)CCN3C(=O)CCC3=O)CC2)c(C)c1C. The Morgan fingerprint density at radius 2 is 1.23 bits per heavy atom. The van der Waals surface area contributed by atoms with Gasteiger partial charge in [-0.3, -0.25) is 19.3 Å². The molecule has 0 bridgehead atoms. The lowest BCUT2D eigenvalue weighted by Crippen LogP contribution is -2.51. The molecular weight excluding hydrogens is 418 g/mol. The van der Waals surface area contributed by atoms with Crippen molar-refractivity contribution in [2.45, 2.75) is 58.8 Å². The van der Waals surface area contributed by atoms with Crippen LogP contribution >= 0.6 is 0 Å². The van der Waals surface area contributed by atoms with Gasteiger partial charge in [-0.25, -0.2) is 8.42 Å². The number of nitrogens with zero attached hydrogens (tertiary/aromatic N) is 3. The fourth-order valence-electron chi connectivity index (χ4n) is 4.40. The number of piperazine rings is 1. The molecule has 2 saturated heterocycles. The first-order valence-electron chi connectivity index (χ1n) is 10.6. The zero-order chi connectivity index (χ0) is 23.1. The molecule has 2 heterocycles. The topological polar surface area (TPSA) is 95.1 Å². The number of carbonyl (C=O) groups excluding carboxylic acids is 3. The van der Waals surface area contributed by atoms with Gasteiger partial charge in [0.05, 0.1) is 4.90 Å². The lowest BCUT2D eigenvalue weighted by Gasteiger charge is -2.35. The van der Waals surface area contributed by atoms with Crippen molar-refractivity contribution in [3.8, 4) is 0 Å². The largest absolute Gasteiger partial charge is 0.340 e. The zero-order valence-electron chi connectivity index (χ0n) is 18.9. The Morgan fingerprint density at radius 3 is 1.71 bits per heavy atom. The van der Waals surface area contributed by atoms with Gasteiger partial charge in [-0.05, 0) is 62.4 Å². The highest BCUT2D eigenvalue weighted by Gasteiger charge is 2.34. The van der Waals surface area contributed by atoms with Gasteiger partial charge in [0.2, 0.25) is 27.7 Å². The van der Waals surface area contributed by atoms with E-state index in [0.29, 0.717) is 18.0 Å². The van der Waals surface area contributed by atoms with E-state index in [0.717, 1.165) is 32.7 Å². The van der Waals surface area contributed by atoms with Crippen LogP contribution < -0.4 is 0 Å². The van der Waals surface area contributed by atoms with E-state index < -0.39 is 10.0 Å². The zero-order valence-corrected chi connectivity index (χ0v) is 19.8. The highest BCUT2D eigenvalue weighted by molar-refractivity contribution is 7.89. The summed E-state index contributed by atoms with van der Waals surface area (Å²) in [6.07, 6.45) is 0.486. The van der Waals surface area contributed by atoms with E-state index in [4.69, 9.17) is 0 Å². The lowest BCUT2D eigenvalue weighted by atomic mass is 9.95. The third kappa shape index (κ3) is 4.25. The van der Waals surface area contributed by atoms with E-state index >= 15 is 0 Å². The first-order chi connectivity index (χ1) is 14.5. The van der Waals surface area contributed by atoms with Gasteiger partial charge in [0.1, 0.15) is 0 Å². The average Bonchev–Trinajstić information content (AvgIpc) is 3.06. The molecule has 0 N–H and O–H groups in total. The summed E-state index contributed by atoms with van der Waals surface area (Å²) < 4.78 is 28.3. The number of benzene rings is 1. The number of imide groups is 1. The minimum atomic E-state index is -3.68. The molecule has 170 valence electrons. The maximum absolute atomic E-state index is 13.4. The second-order valence-electron chi connectivity index (χ2n) is 8.43. The van der Waals surface area contributed by atoms with Gasteiger partial charge in [0.25, 0.3) is 0 Å². The molecule has 9 heteroatoms. The monoisotopic (exact) mass is 449 g/mol. The number of sulfonamides is 1. The van der Waals surface area contributed by atoms with Gasteiger partial charge in [-0.15, -0.1) is 0 Å². The number of carbonyl (C=O) groups is 3. The Labute approximate surface area is 184 Å². The van der Waals surface area contributed by atoms with Gasteiger partial charge in [0.15, 0.2) is 0 Å². The molecule has 1 aromatic rings. The molecule has 3 amide bonds. The van der Waals surface area contributed by atoms with Crippen LogP contribution in [0.25, 0.3) is 0 Å². The molecule has 0 aliphatic carbocycles. The van der Waals surface area contributed by atoms with Gasteiger partial charge < -0.3 is 4.90 Å². The van der Waals surface area contributed by atoms with Crippen molar-refractivity contribution in [2.75, 3.05) is 32.7 Å². The Kier molecular flexibility index (Phi) is 6.57. The molecule has 0 saturated carbocycles. The smallest absolute Gasteiger partial charge is 0.243 e. The summed E-state index contributed by atoms with van der Waals surface area (Å²) in [5, 5.41) is 0. The molecule has 8 nitrogen and oxygen atoms in total. The minimum absolute atomic E-state index is 0.0683. The lowest BCUT2D eigenvalue weighted by molar-refractivity contribution is -0.139. The predicted molar refractivity (Wildman–Crippen MR) is 116 cm³/mol. The van der Waals surface area contributed by atoms with E-state index in [1.54, 1.807) is 4.90 Å². The molecule has 0 unspecified atom stereocenters. The van der Waals surface area contributed by atoms with Crippen LogP contribution in [0.5, 0.6) is 0 Å². The highest BCUT2D eigenvalue weighted by atomic mass is 32.2. The molecule has 2 aliphatic rings. The van der Waals surface area contributed by atoms with Crippen LogP contribution in [-0.2, 0) is 24.4 Å². The van der Waals surface area contributed by atoms with Crippen molar-refractivity contribution in [3.05, 3.63) is 27.8 Å². The summed E-state index contributed by atoms with van der Waals surface area (Å²) >= 11 is 0. The number of amides is 3. The van der Waals surface area contributed by atoms with Gasteiger partial charge in [-0.1, -0.05) is 0 Å². The molecule has 2 fully saturated rings. The van der Waals surface area contributed by atoms with E-state index in [1.807, 2.05) is 34.6 Å². The van der Waals surface area contributed by atoms with Crippen molar-refractivity contribution < 1.29 is 22.8 Å². The summed E-state index contributed by atoms with van der Waals surface area (Å²) in [5.41, 5.74) is 4.64. The standard InChI is InChI=1S/C22H31N3O5S/c1-14-15(2)17(4)22(18(5)16(14)3)31(29,30)24-12-10-23(11-13-24)19(26)8-9-25-20(27)6-7-21(25)28/h6-13H2,1-5H3. The van der Waals surface area contributed by atoms with Gasteiger partial charge >= 0.3 is 0 Å². The summed E-state index contributed by atoms with van der Waals surface area (Å²) in [6.45, 7) is 10.7. The van der Waals surface area contributed by atoms with Crippen molar-refractivity contribution in [1.82, 2.24) is 14.1 Å². The van der Waals surface area contributed by atoms with Crippen LogP contribution in [0.3, 0.4) is 0 Å². The summed E-state index contributed by atoms with van der Waals surface area (Å²) in [5.74, 6) is -0.634. The van der Waals surface area contributed by atoms with E-state index in [1.165, 1.54) is 4.31 Å². The summed E-state index contributed by atoms with van der Waals surface area (Å²) in [6, 6.07) is 0. The molecule has 1 aromatic carbocycles. The van der Waals surface area contributed by atoms with Gasteiger partial charge in [-0.2, -0.15) is 4.31 Å². The summed E-state index contributed by atoms with van der Waals surface area (Å²) in [4.78, 5) is 39.1.